The fourth-order valence-corrected chi connectivity index (χ4v) is 2.91. The van der Waals surface area contributed by atoms with E-state index in [1.807, 2.05) is 0 Å². The Labute approximate surface area is 138 Å². The van der Waals surface area contributed by atoms with Crippen LogP contribution < -0.4 is 5.32 Å². The van der Waals surface area contributed by atoms with Gasteiger partial charge in [0, 0.05) is 17.6 Å². The summed E-state index contributed by atoms with van der Waals surface area (Å²) < 4.78 is 90.5. The largest absolute Gasteiger partial charge is 0.471 e. The summed E-state index contributed by atoms with van der Waals surface area (Å²) in [5, 5.41) is 2.81. The molecule has 140 valence electrons. The molecule has 0 spiro atoms. The lowest BCUT2D eigenvalue weighted by Gasteiger charge is -2.38. The number of hydrogen-bond donors (Lipinski definition) is 1. The lowest BCUT2D eigenvalue weighted by Crippen LogP contribution is -2.52. The Hall–Kier alpha value is -1.84. The zero-order valence-corrected chi connectivity index (χ0v) is 12.8. The molecule has 1 heterocycles. The smallest absolute Gasteiger partial charge is 0.326 e. The topological polar surface area (TPSA) is 32.3 Å². The molecule has 1 amide bonds. The Bertz CT molecular complexity index is 620. The number of halogens is 7. The Morgan fingerprint density at radius 1 is 1.28 bits per heavy atom. The van der Waals surface area contributed by atoms with Crippen molar-refractivity contribution in [2.24, 2.45) is 0 Å². The average molecular weight is 372 g/mol. The minimum Gasteiger partial charge on any atom is -0.326 e. The van der Waals surface area contributed by atoms with Crippen LogP contribution in [0.15, 0.2) is 18.2 Å². The number of nitrogens with zero attached hydrogens (tertiary/aromatic N) is 1. The Balaban J connectivity index is 2.24. The molecule has 2 unspecified atom stereocenters. The summed E-state index contributed by atoms with van der Waals surface area (Å²) in [6, 6.07) is 0.578. The molecule has 0 saturated carbocycles. The lowest BCUT2D eigenvalue weighted by molar-refractivity contribution is -0.190. The molecule has 1 saturated heterocycles. The van der Waals surface area contributed by atoms with E-state index in [4.69, 9.17) is 0 Å². The molecule has 1 aliphatic rings. The number of carbonyl (C=O) groups excluding carboxylic acids is 1. The molecular weight excluding hydrogens is 357 g/mol. The van der Waals surface area contributed by atoms with Crippen molar-refractivity contribution in [3.05, 3.63) is 35.4 Å². The van der Waals surface area contributed by atoms with Crippen LogP contribution in [-0.4, -0.2) is 42.5 Å². The average Bonchev–Trinajstić information content (AvgIpc) is 2.53. The third kappa shape index (κ3) is 4.83. The molecule has 0 radical (unpaired) electrons. The molecule has 2 atom stereocenters. The molecule has 0 aromatic heterocycles. The summed E-state index contributed by atoms with van der Waals surface area (Å²) in [6.45, 7) is -1.31. The van der Waals surface area contributed by atoms with Gasteiger partial charge in [0.15, 0.2) is 0 Å². The van der Waals surface area contributed by atoms with Crippen molar-refractivity contribution in [2.45, 2.75) is 37.5 Å². The maximum absolute atomic E-state index is 13.9. The summed E-state index contributed by atoms with van der Waals surface area (Å²) in [7, 11) is 0. The van der Waals surface area contributed by atoms with Crippen molar-refractivity contribution >= 4 is 5.91 Å². The van der Waals surface area contributed by atoms with Crippen LogP contribution in [0.2, 0.25) is 0 Å². The fourth-order valence-electron chi connectivity index (χ4n) is 2.91. The molecule has 0 bridgehead atoms. The number of alkyl halides is 5. The van der Waals surface area contributed by atoms with Crippen LogP contribution in [0.1, 0.15) is 24.4 Å². The van der Waals surface area contributed by atoms with Crippen LogP contribution >= 0.6 is 0 Å². The highest BCUT2D eigenvalue weighted by Gasteiger charge is 2.46. The van der Waals surface area contributed by atoms with Gasteiger partial charge in [0.2, 0.25) is 0 Å². The Kier molecular flexibility index (Phi) is 5.91. The molecule has 1 aromatic rings. The molecule has 25 heavy (non-hydrogen) atoms. The van der Waals surface area contributed by atoms with Gasteiger partial charge in [-0.25, -0.2) is 17.6 Å². The summed E-state index contributed by atoms with van der Waals surface area (Å²) in [5.74, 6) is -3.88. The number of amides is 1. The normalized spacial score (nSPS) is 21.4. The summed E-state index contributed by atoms with van der Waals surface area (Å²) >= 11 is 0. The Morgan fingerprint density at radius 2 is 1.96 bits per heavy atom. The van der Waals surface area contributed by atoms with Gasteiger partial charge in [0.1, 0.15) is 11.6 Å². The highest BCUT2D eigenvalue weighted by molar-refractivity contribution is 5.82. The molecule has 1 N–H and O–H groups in total. The van der Waals surface area contributed by atoms with Gasteiger partial charge in [-0.05, 0) is 37.6 Å². The van der Waals surface area contributed by atoms with Crippen LogP contribution in [0.5, 0.6) is 0 Å². The maximum atomic E-state index is 13.9. The van der Waals surface area contributed by atoms with Gasteiger partial charge in [-0.15, -0.1) is 0 Å². The van der Waals surface area contributed by atoms with Crippen LogP contribution in [0.3, 0.4) is 0 Å². The summed E-state index contributed by atoms with van der Waals surface area (Å²) in [4.78, 5) is 11.6. The van der Waals surface area contributed by atoms with Gasteiger partial charge in [-0.1, -0.05) is 0 Å². The van der Waals surface area contributed by atoms with Crippen molar-refractivity contribution < 1.29 is 35.5 Å². The van der Waals surface area contributed by atoms with Gasteiger partial charge in [0.25, 0.3) is 6.43 Å². The van der Waals surface area contributed by atoms with E-state index in [0.29, 0.717) is 0 Å². The van der Waals surface area contributed by atoms with E-state index in [-0.39, 0.29) is 29.8 Å². The van der Waals surface area contributed by atoms with Gasteiger partial charge < -0.3 is 10.2 Å². The first-order chi connectivity index (χ1) is 11.6. The van der Waals surface area contributed by atoms with Gasteiger partial charge in [-0.3, -0.25) is 4.79 Å². The number of nitrogens with one attached hydrogen (secondary N) is 1. The first kappa shape index (κ1) is 19.5. The molecule has 10 heteroatoms. The van der Waals surface area contributed by atoms with Crippen LogP contribution in [0.4, 0.5) is 30.7 Å². The van der Waals surface area contributed by atoms with Crippen molar-refractivity contribution in [3.63, 3.8) is 0 Å². The van der Waals surface area contributed by atoms with Crippen molar-refractivity contribution in [1.82, 2.24) is 10.2 Å². The van der Waals surface area contributed by atoms with E-state index >= 15 is 0 Å². The predicted octanol–water partition coefficient (Wildman–Crippen LogP) is 3.41. The minimum atomic E-state index is -5.29. The molecule has 0 aliphatic carbocycles. The third-order valence-electron chi connectivity index (χ3n) is 3.99. The third-order valence-corrected chi connectivity index (χ3v) is 3.99. The van der Waals surface area contributed by atoms with Crippen molar-refractivity contribution in [2.75, 3.05) is 13.1 Å². The SMILES string of the molecule is O=C(N(CC(F)F)C1CCNC(c2cc(F)ccc2F)C1)C(F)(F)F. The van der Waals surface area contributed by atoms with E-state index in [1.165, 1.54) is 0 Å². The van der Waals surface area contributed by atoms with Crippen LogP contribution in [0, 0.1) is 11.6 Å². The number of benzene rings is 1. The highest BCUT2D eigenvalue weighted by atomic mass is 19.4. The number of rotatable bonds is 4. The molecular formula is C15H15F7N2O. The quantitative estimate of drug-likeness (QED) is 0.822. The summed E-state index contributed by atoms with van der Waals surface area (Å²) in [6.07, 6.45) is -8.69. The second kappa shape index (κ2) is 7.59. The Morgan fingerprint density at radius 3 is 2.56 bits per heavy atom. The molecule has 1 fully saturated rings. The molecule has 3 nitrogen and oxygen atoms in total. The van der Waals surface area contributed by atoms with Gasteiger partial charge in [-0.2, -0.15) is 13.2 Å². The number of carbonyl (C=O) groups is 1. The minimum absolute atomic E-state index is 0.0119. The van der Waals surface area contributed by atoms with E-state index in [2.05, 4.69) is 5.32 Å². The first-order valence-corrected chi connectivity index (χ1v) is 7.44. The van der Waals surface area contributed by atoms with E-state index in [1.54, 1.807) is 0 Å². The van der Waals surface area contributed by atoms with Crippen molar-refractivity contribution in [3.8, 4) is 0 Å². The monoisotopic (exact) mass is 372 g/mol. The van der Waals surface area contributed by atoms with Crippen molar-refractivity contribution in [1.29, 1.82) is 0 Å². The second-order valence-electron chi connectivity index (χ2n) is 5.70. The number of piperidine rings is 1. The number of hydrogen-bond acceptors (Lipinski definition) is 2. The van der Waals surface area contributed by atoms with Crippen LogP contribution in [0.25, 0.3) is 0 Å². The fraction of sp³-hybridized carbons (Fsp3) is 0.533. The predicted molar refractivity (Wildman–Crippen MR) is 73.9 cm³/mol. The van der Waals surface area contributed by atoms with E-state index < -0.39 is 48.8 Å². The molecule has 2 rings (SSSR count). The second-order valence-corrected chi connectivity index (χ2v) is 5.70. The lowest BCUT2D eigenvalue weighted by atomic mass is 9.92. The standard InChI is InChI=1S/C15H15F7N2O/c16-8-1-2-11(17)10(5-8)12-6-9(3-4-23-12)24(7-13(18)19)14(25)15(20,21)22/h1-2,5,9,12-13,23H,3-4,6-7H2. The molecule has 1 aromatic carbocycles. The molecule has 1 aliphatic heterocycles. The van der Waals surface area contributed by atoms with Crippen LogP contribution in [-0.2, 0) is 4.79 Å². The van der Waals surface area contributed by atoms with Gasteiger partial charge >= 0.3 is 12.1 Å². The van der Waals surface area contributed by atoms with E-state index in [0.717, 1.165) is 18.2 Å². The first-order valence-electron chi connectivity index (χ1n) is 7.44. The zero-order chi connectivity index (χ0) is 18.8. The maximum Gasteiger partial charge on any atom is 0.471 e. The zero-order valence-electron chi connectivity index (χ0n) is 12.8. The van der Waals surface area contributed by atoms with Gasteiger partial charge in [0.05, 0.1) is 6.54 Å². The summed E-state index contributed by atoms with van der Waals surface area (Å²) in [5.41, 5.74) is -0.124. The highest BCUT2D eigenvalue weighted by Crippen LogP contribution is 2.31. The van der Waals surface area contributed by atoms with E-state index in [9.17, 15) is 35.5 Å².